The average molecular weight is 455 g/mol. The lowest BCUT2D eigenvalue weighted by atomic mass is 10.1. The van der Waals surface area contributed by atoms with Crippen LogP contribution in [0, 0.1) is 11.6 Å². The third kappa shape index (κ3) is 6.28. The minimum Gasteiger partial charge on any atom is -0.370 e. The summed E-state index contributed by atoms with van der Waals surface area (Å²) >= 11 is 11.8. The normalized spacial score (nSPS) is 11.2. The number of rotatable bonds is 8. The highest BCUT2D eigenvalue weighted by Gasteiger charge is 2.16. The Morgan fingerprint density at radius 2 is 1.87 bits per heavy atom. The van der Waals surface area contributed by atoms with Crippen LogP contribution >= 0.6 is 23.2 Å². The number of nitrogens with zero attached hydrogens (tertiary/aromatic N) is 1. The number of carbonyl (C=O) groups is 2. The van der Waals surface area contributed by atoms with Crippen LogP contribution in [-0.2, 0) is 9.59 Å². The zero-order valence-corrected chi connectivity index (χ0v) is 17.1. The first-order valence-corrected chi connectivity index (χ1v) is 9.27. The number of hydrogen-bond acceptors (Lipinski definition) is 4. The van der Waals surface area contributed by atoms with Crippen molar-refractivity contribution in [3.05, 3.63) is 81.9 Å². The average Bonchev–Trinajstić information content (AvgIpc) is 2.66. The zero-order chi connectivity index (χ0) is 22.4. The number of hydrazine groups is 1. The van der Waals surface area contributed by atoms with E-state index >= 15 is 0 Å². The van der Waals surface area contributed by atoms with Crippen LogP contribution in [0.2, 0.25) is 10.0 Å². The maximum atomic E-state index is 13.9. The number of halogens is 4. The fraction of sp³-hybridized carbons (Fsp3) is 0.100. The monoisotopic (exact) mass is 454 g/mol. The van der Waals surface area contributed by atoms with E-state index < -0.39 is 23.4 Å². The molecule has 0 aliphatic heterocycles. The quantitative estimate of drug-likeness (QED) is 0.245. The summed E-state index contributed by atoms with van der Waals surface area (Å²) in [5, 5.41) is 3.47. The Morgan fingerprint density at radius 1 is 1.17 bits per heavy atom. The Labute approximate surface area is 181 Å². The first-order chi connectivity index (χ1) is 14.1. The molecule has 0 unspecified atom stereocenters. The number of primary amides is 1. The first-order valence-electron chi connectivity index (χ1n) is 8.52. The number of anilines is 1. The van der Waals surface area contributed by atoms with Crippen LogP contribution in [0.15, 0.2) is 54.6 Å². The lowest BCUT2D eigenvalue weighted by molar-refractivity contribution is -0.118. The summed E-state index contributed by atoms with van der Waals surface area (Å²) in [5.74, 6) is 3.71. The molecule has 2 amide bonds. The van der Waals surface area contributed by atoms with Gasteiger partial charge in [0.15, 0.2) is 0 Å². The Kier molecular flexibility index (Phi) is 7.93. The highest BCUT2D eigenvalue weighted by atomic mass is 35.5. The van der Waals surface area contributed by atoms with Crippen molar-refractivity contribution in [2.45, 2.75) is 6.42 Å². The summed E-state index contributed by atoms with van der Waals surface area (Å²) < 4.78 is 27.4. The van der Waals surface area contributed by atoms with Crippen LogP contribution < -0.4 is 21.9 Å². The molecule has 30 heavy (non-hydrogen) atoms. The molecule has 0 fully saturated rings. The molecule has 10 heteroatoms. The topological polar surface area (TPSA) is 101 Å². The van der Waals surface area contributed by atoms with Gasteiger partial charge in [-0.1, -0.05) is 29.8 Å². The first kappa shape index (κ1) is 23.3. The van der Waals surface area contributed by atoms with Gasteiger partial charge in [0.25, 0.3) is 5.91 Å². The lowest BCUT2D eigenvalue weighted by Crippen LogP contribution is -2.31. The van der Waals surface area contributed by atoms with E-state index in [0.717, 1.165) is 23.2 Å². The molecule has 0 spiro atoms. The second-order valence-electron chi connectivity index (χ2n) is 6.15. The molecule has 2 aromatic carbocycles. The molecule has 0 saturated carbocycles. The maximum Gasteiger partial charge on any atom is 0.250 e. The number of benzene rings is 2. The molecule has 0 heterocycles. The minimum atomic E-state index is -0.647. The highest BCUT2D eigenvalue weighted by Crippen LogP contribution is 2.29. The number of amides is 2. The van der Waals surface area contributed by atoms with Gasteiger partial charge in [-0.05, 0) is 42.5 Å². The van der Waals surface area contributed by atoms with Gasteiger partial charge in [0, 0.05) is 29.1 Å². The van der Waals surface area contributed by atoms with Gasteiger partial charge < -0.3 is 11.1 Å². The van der Waals surface area contributed by atoms with Crippen LogP contribution in [0.4, 0.5) is 14.5 Å². The number of nitrogens with two attached hydrogens (primary N) is 2. The molecule has 0 bridgehead atoms. The molecule has 2 aromatic rings. The van der Waals surface area contributed by atoms with Gasteiger partial charge in [-0.2, -0.15) is 0 Å². The van der Waals surface area contributed by atoms with E-state index in [4.69, 9.17) is 34.8 Å². The van der Waals surface area contributed by atoms with Crippen molar-refractivity contribution in [1.29, 1.82) is 0 Å². The van der Waals surface area contributed by atoms with E-state index in [-0.39, 0.29) is 45.5 Å². The fourth-order valence-corrected chi connectivity index (χ4v) is 2.81. The standard InChI is InChI=1S/C20H18Cl2F2N4O2/c1-11(20(30)27-5-4-19(25)29)6-18(12-7-13(21)9-14(23)8-12)28(26)15-2-3-17(24)16(22)10-15/h2-3,6-10H,1,4-5,26H2,(H2,25,29)(H,27,30)/b18-6-. The number of carbonyl (C=O) groups excluding carboxylic acids is 2. The minimum absolute atomic E-state index is 0.0159. The third-order valence-corrected chi connectivity index (χ3v) is 4.37. The number of hydrogen-bond donors (Lipinski definition) is 3. The van der Waals surface area contributed by atoms with Gasteiger partial charge >= 0.3 is 0 Å². The second-order valence-corrected chi connectivity index (χ2v) is 7.00. The second kappa shape index (κ2) is 10.2. The van der Waals surface area contributed by atoms with Crippen LogP contribution in [0.25, 0.3) is 5.70 Å². The summed E-state index contributed by atoms with van der Waals surface area (Å²) in [4.78, 5) is 23.0. The molecule has 0 aliphatic rings. The Morgan fingerprint density at radius 3 is 2.47 bits per heavy atom. The van der Waals surface area contributed by atoms with Crippen molar-refractivity contribution in [2.24, 2.45) is 11.6 Å². The van der Waals surface area contributed by atoms with Crippen molar-refractivity contribution in [3.8, 4) is 0 Å². The Hall–Kier alpha value is -2.94. The van der Waals surface area contributed by atoms with Gasteiger partial charge in [-0.3, -0.25) is 14.6 Å². The lowest BCUT2D eigenvalue weighted by Gasteiger charge is -2.23. The van der Waals surface area contributed by atoms with E-state index in [1.807, 2.05) is 0 Å². The van der Waals surface area contributed by atoms with Gasteiger partial charge in [0.1, 0.15) is 11.6 Å². The molecule has 158 valence electrons. The summed E-state index contributed by atoms with van der Waals surface area (Å²) in [5.41, 5.74) is 5.61. The van der Waals surface area contributed by atoms with E-state index in [0.29, 0.717) is 0 Å². The molecule has 5 N–H and O–H groups in total. The van der Waals surface area contributed by atoms with Gasteiger partial charge in [-0.15, -0.1) is 0 Å². The van der Waals surface area contributed by atoms with Crippen LogP contribution in [-0.4, -0.2) is 18.4 Å². The van der Waals surface area contributed by atoms with Crippen molar-refractivity contribution in [1.82, 2.24) is 5.32 Å². The Balaban J connectivity index is 2.43. The summed E-state index contributed by atoms with van der Waals surface area (Å²) in [6.45, 7) is 3.69. The van der Waals surface area contributed by atoms with E-state index in [2.05, 4.69) is 11.9 Å². The maximum absolute atomic E-state index is 13.9. The molecular weight excluding hydrogens is 437 g/mol. The van der Waals surface area contributed by atoms with Crippen LogP contribution in [0.5, 0.6) is 0 Å². The molecule has 0 aliphatic carbocycles. The largest absolute Gasteiger partial charge is 0.370 e. The predicted molar refractivity (Wildman–Crippen MR) is 113 cm³/mol. The predicted octanol–water partition coefficient (Wildman–Crippen LogP) is 3.54. The molecule has 0 saturated heterocycles. The zero-order valence-electron chi connectivity index (χ0n) is 15.6. The highest BCUT2D eigenvalue weighted by molar-refractivity contribution is 6.31. The smallest absolute Gasteiger partial charge is 0.250 e. The van der Waals surface area contributed by atoms with Crippen molar-refractivity contribution in [3.63, 3.8) is 0 Å². The van der Waals surface area contributed by atoms with Gasteiger partial charge in [-0.25, -0.2) is 14.6 Å². The van der Waals surface area contributed by atoms with Crippen molar-refractivity contribution < 1.29 is 18.4 Å². The molecule has 0 atom stereocenters. The molecule has 2 rings (SSSR count). The van der Waals surface area contributed by atoms with Crippen molar-refractivity contribution in [2.75, 3.05) is 11.6 Å². The summed E-state index contributed by atoms with van der Waals surface area (Å²) in [6.07, 6.45) is 1.24. The van der Waals surface area contributed by atoms with Crippen LogP contribution in [0.1, 0.15) is 12.0 Å². The molecule has 0 radical (unpaired) electrons. The number of nitrogens with one attached hydrogen (secondary N) is 1. The van der Waals surface area contributed by atoms with Gasteiger partial charge in [0.2, 0.25) is 5.91 Å². The SMILES string of the molecule is C=C(/C=C(/c1cc(F)cc(Cl)c1)N(N)c1ccc(F)c(Cl)c1)C(=O)NCCC(N)=O. The van der Waals surface area contributed by atoms with E-state index in [9.17, 15) is 18.4 Å². The van der Waals surface area contributed by atoms with Crippen LogP contribution in [0.3, 0.4) is 0 Å². The summed E-state index contributed by atoms with van der Waals surface area (Å²) in [6, 6.07) is 7.41. The Bertz CT molecular complexity index is 1010. The van der Waals surface area contributed by atoms with E-state index in [1.165, 1.54) is 24.3 Å². The van der Waals surface area contributed by atoms with Gasteiger partial charge in [0.05, 0.1) is 16.4 Å². The molecule has 0 aromatic heterocycles. The summed E-state index contributed by atoms with van der Waals surface area (Å²) in [7, 11) is 0. The van der Waals surface area contributed by atoms with Crippen molar-refractivity contribution >= 4 is 46.4 Å². The molecular formula is C20H18Cl2F2N4O2. The fourth-order valence-electron chi connectivity index (χ4n) is 2.41. The molecule has 6 nitrogen and oxygen atoms in total. The third-order valence-electron chi connectivity index (χ3n) is 3.86. The van der Waals surface area contributed by atoms with E-state index in [1.54, 1.807) is 0 Å².